The van der Waals surface area contributed by atoms with Crippen LogP contribution < -0.4 is 0 Å². The fourth-order valence-corrected chi connectivity index (χ4v) is 1.70. The SMILES string of the molecule is Cn1nc(CC(C)(C)C)nc1-c1ccccn1. The molecule has 0 aliphatic carbocycles. The van der Waals surface area contributed by atoms with Crippen molar-refractivity contribution in [3.05, 3.63) is 30.2 Å². The average Bonchev–Trinajstić information content (AvgIpc) is 2.58. The smallest absolute Gasteiger partial charge is 0.176 e. The first-order valence-electron chi connectivity index (χ1n) is 5.77. The molecule has 0 spiro atoms. The van der Waals surface area contributed by atoms with Crippen molar-refractivity contribution in [3.8, 4) is 11.5 Å². The Morgan fingerprint density at radius 3 is 2.59 bits per heavy atom. The van der Waals surface area contributed by atoms with Crippen molar-refractivity contribution in [1.29, 1.82) is 0 Å². The highest BCUT2D eigenvalue weighted by molar-refractivity contribution is 5.48. The molecular formula is C13H18N4. The summed E-state index contributed by atoms with van der Waals surface area (Å²) in [6.07, 6.45) is 2.64. The zero-order valence-electron chi connectivity index (χ0n) is 10.8. The van der Waals surface area contributed by atoms with Gasteiger partial charge in [-0.15, -0.1) is 0 Å². The second-order valence-corrected chi connectivity index (χ2v) is 5.43. The van der Waals surface area contributed by atoms with E-state index in [1.807, 2.05) is 25.2 Å². The van der Waals surface area contributed by atoms with Crippen LogP contribution in [0.1, 0.15) is 26.6 Å². The number of nitrogens with zero attached hydrogens (tertiary/aromatic N) is 4. The lowest BCUT2D eigenvalue weighted by Crippen LogP contribution is -2.10. The average molecular weight is 230 g/mol. The Kier molecular flexibility index (Phi) is 2.96. The molecule has 0 aliphatic rings. The third-order valence-electron chi connectivity index (χ3n) is 2.39. The number of hydrogen-bond acceptors (Lipinski definition) is 3. The minimum atomic E-state index is 0.197. The van der Waals surface area contributed by atoms with Gasteiger partial charge < -0.3 is 0 Å². The Bertz CT molecular complexity index is 494. The molecule has 0 fully saturated rings. The van der Waals surface area contributed by atoms with Crippen molar-refractivity contribution in [3.63, 3.8) is 0 Å². The molecule has 17 heavy (non-hydrogen) atoms. The van der Waals surface area contributed by atoms with Crippen LogP contribution in [0, 0.1) is 5.41 Å². The summed E-state index contributed by atoms with van der Waals surface area (Å²) >= 11 is 0. The second-order valence-electron chi connectivity index (χ2n) is 5.43. The summed E-state index contributed by atoms with van der Waals surface area (Å²) in [4.78, 5) is 8.85. The van der Waals surface area contributed by atoms with Gasteiger partial charge in [0, 0.05) is 19.7 Å². The topological polar surface area (TPSA) is 43.6 Å². The molecule has 0 N–H and O–H groups in total. The molecule has 0 saturated heterocycles. The fourth-order valence-electron chi connectivity index (χ4n) is 1.70. The van der Waals surface area contributed by atoms with Gasteiger partial charge in [-0.05, 0) is 17.5 Å². The minimum Gasteiger partial charge on any atom is -0.253 e. The van der Waals surface area contributed by atoms with Crippen LogP contribution in [0.2, 0.25) is 0 Å². The molecule has 90 valence electrons. The molecule has 2 aromatic rings. The lowest BCUT2D eigenvalue weighted by Gasteiger charge is -2.14. The summed E-state index contributed by atoms with van der Waals surface area (Å²) in [6.45, 7) is 6.55. The van der Waals surface area contributed by atoms with Gasteiger partial charge in [0.15, 0.2) is 11.6 Å². The summed E-state index contributed by atoms with van der Waals surface area (Å²) in [5.74, 6) is 1.70. The Morgan fingerprint density at radius 1 is 1.24 bits per heavy atom. The Balaban J connectivity index is 2.32. The van der Waals surface area contributed by atoms with Crippen LogP contribution >= 0.6 is 0 Å². The van der Waals surface area contributed by atoms with Gasteiger partial charge in [-0.2, -0.15) is 5.10 Å². The van der Waals surface area contributed by atoms with E-state index in [1.54, 1.807) is 10.9 Å². The highest BCUT2D eigenvalue weighted by atomic mass is 15.3. The van der Waals surface area contributed by atoms with E-state index in [0.29, 0.717) is 0 Å². The van der Waals surface area contributed by atoms with E-state index >= 15 is 0 Å². The molecule has 4 heteroatoms. The first kappa shape index (κ1) is 11.8. The lowest BCUT2D eigenvalue weighted by molar-refractivity contribution is 0.400. The predicted molar refractivity (Wildman–Crippen MR) is 67.4 cm³/mol. The molecular weight excluding hydrogens is 212 g/mol. The molecule has 2 heterocycles. The van der Waals surface area contributed by atoms with E-state index in [-0.39, 0.29) is 5.41 Å². The van der Waals surface area contributed by atoms with Gasteiger partial charge in [-0.3, -0.25) is 4.98 Å². The van der Waals surface area contributed by atoms with Crippen molar-refractivity contribution in [2.75, 3.05) is 0 Å². The van der Waals surface area contributed by atoms with E-state index in [9.17, 15) is 0 Å². The second kappa shape index (κ2) is 4.28. The highest BCUT2D eigenvalue weighted by Gasteiger charge is 2.17. The van der Waals surface area contributed by atoms with E-state index in [0.717, 1.165) is 23.8 Å². The maximum Gasteiger partial charge on any atom is 0.176 e. The van der Waals surface area contributed by atoms with Crippen LogP contribution in [0.3, 0.4) is 0 Å². The van der Waals surface area contributed by atoms with Crippen molar-refractivity contribution >= 4 is 0 Å². The van der Waals surface area contributed by atoms with Gasteiger partial charge in [0.1, 0.15) is 5.69 Å². The van der Waals surface area contributed by atoms with E-state index in [2.05, 4.69) is 35.8 Å². The maximum atomic E-state index is 4.55. The molecule has 0 amide bonds. The number of aromatic nitrogens is 4. The van der Waals surface area contributed by atoms with Crippen molar-refractivity contribution in [2.24, 2.45) is 12.5 Å². The molecule has 0 bridgehead atoms. The number of aryl methyl sites for hydroxylation is 1. The zero-order chi connectivity index (χ0) is 12.5. The molecule has 2 aromatic heterocycles. The molecule has 0 aliphatic heterocycles. The summed E-state index contributed by atoms with van der Waals surface area (Å²) in [5, 5.41) is 4.44. The standard InChI is InChI=1S/C13H18N4/c1-13(2,3)9-11-15-12(17(4)16-11)10-7-5-6-8-14-10/h5-8H,9H2,1-4H3. The first-order chi connectivity index (χ1) is 7.96. The van der Waals surface area contributed by atoms with Gasteiger partial charge in [0.25, 0.3) is 0 Å². The van der Waals surface area contributed by atoms with Gasteiger partial charge in [-0.1, -0.05) is 26.8 Å². The van der Waals surface area contributed by atoms with Crippen molar-refractivity contribution in [2.45, 2.75) is 27.2 Å². The highest BCUT2D eigenvalue weighted by Crippen LogP contribution is 2.20. The fraction of sp³-hybridized carbons (Fsp3) is 0.462. The molecule has 0 atom stereocenters. The van der Waals surface area contributed by atoms with Crippen molar-refractivity contribution in [1.82, 2.24) is 19.7 Å². The van der Waals surface area contributed by atoms with E-state index < -0.39 is 0 Å². The summed E-state index contributed by atoms with van der Waals surface area (Å²) in [7, 11) is 1.91. The predicted octanol–water partition coefficient (Wildman–Crippen LogP) is 2.47. The van der Waals surface area contributed by atoms with Crippen LogP contribution in [0.15, 0.2) is 24.4 Å². The minimum absolute atomic E-state index is 0.197. The quantitative estimate of drug-likeness (QED) is 0.796. The maximum absolute atomic E-state index is 4.55. The Hall–Kier alpha value is -1.71. The van der Waals surface area contributed by atoms with E-state index in [4.69, 9.17) is 0 Å². The van der Waals surface area contributed by atoms with Gasteiger partial charge >= 0.3 is 0 Å². The number of rotatable bonds is 2. The van der Waals surface area contributed by atoms with Crippen LogP contribution in [0.5, 0.6) is 0 Å². The summed E-state index contributed by atoms with van der Waals surface area (Å²) in [6, 6.07) is 5.81. The Labute approximate surface area is 102 Å². The molecule has 0 unspecified atom stereocenters. The first-order valence-corrected chi connectivity index (χ1v) is 5.77. The normalized spacial score (nSPS) is 11.8. The van der Waals surface area contributed by atoms with Gasteiger partial charge in [0.2, 0.25) is 0 Å². The lowest BCUT2D eigenvalue weighted by atomic mass is 9.92. The van der Waals surface area contributed by atoms with Crippen LogP contribution in [0.25, 0.3) is 11.5 Å². The zero-order valence-corrected chi connectivity index (χ0v) is 10.8. The molecule has 0 aromatic carbocycles. The summed E-state index contributed by atoms with van der Waals surface area (Å²) < 4.78 is 1.80. The third-order valence-corrected chi connectivity index (χ3v) is 2.39. The molecule has 4 nitrogen and oxygen atoms in total. The Morgan fingerprint density at radius 2 is 2.00 bits per heavy atom. The monoisotopic (exact) mass is 230 g/mol. The van der Waals surface area contributed by atoms with Gasteiger partial charge in [-0.25, -0.2) is 9.67 Å². The van der Waals surface area contributed by atoms with Crippen LogP contribution in [-0.4, -0.2) is 19.7 Å². The number of hydrogen-bond donors (Lipinski definition) is 0. The molecule has 0 saturated carbocycles. The van der Waals surface area contributed by atoms with Gasteiger partial charge in [0.05, 0.1) is 0 Å². The largest absolute Gasteiger partial charge is 0.253 e. The summed E-state index contributed by atoms with van der Waals surface area (Å²) in [5.41, 5.74) is 1.06. The third kappa shape index (κ3) is 2.90. The molecule has 2 rings (SSSR count). The number of pyridine rings is 1. The van der Waals surface area contributed by atoms with Crippen LogP contribution in [-0.2, 0) is 13.5 Å². The van der Waals surface area contributed by atoms with E-state index in [1.165, 1.54) is 0 Å². The molecule has 0 radical (unpaired) electrons. The van der Waals surface area contributed by atoms with Crippen LogP contribution in [0.4, 0.5) is 0 Å². The van der Waals surface area contributed by atoms with Crippen molar-refractivity contribution < 1.29 is 0 Å².